The molecule has 1 aromatic carbocycles. The summed E-state index contributed by atoms with van der Waals surface area (Å²) in [4.78, 5) is 0. The van der Waals surface area contributed by atoms with Gasteiger partial charge in [-0.15, -0.1) is 0 Å². The van der Waals surface area contributed by atoms with Crippen molar-refractivity contribution in [3.63, 3.8) is 0 Å². The zero-order valence-electron chi connectivity index (χ0n) is 9.01. The van der Waals surface area contributed by atoms with Gasteiger partial charge in [0, 0.05) is 26.3 Å². The van der Waals surface area contributed by atoms with Gasteiger partial charge < -0.3 is 14.6 Å². The van der Waals surface area contributed by atoms with Gasteiger partial charge in [-0.3, -0.25) is 0 Å². The summed E-state index contributed by atoms with van der Waals surface area (Å²) in [6.45, 7) is 1.97. The molecule has 17 heavy (non-hydrogen) atoms. The summed E-state index contributed by atoms with van der Waals surface area (Å²) in [6.07, 6.45) is 0. The van der Waals surface area contributed by atoms with Crippen molar-refractivity contribution in [2.24, 2.45) is 0 Å². The quantitative estimate of drug-likeness (QED) is 0.575. The largest absolute Gasteiger partial charge is 0.494 e. The second-order valence-electron chi connectivity index (χ2n) is 3.62. The van der Waals surface area contributed by atoms with Crippen LogP contribution in [0.5, 0.6) is 0 Å². The molecule has 2 rings (SSSR count). The Morgan fingerprint density at radius 2 is 1.53 bits per heavy atom. The van der Waals surface area contributed by atoms with Gasteiger partial charge in [-0.2, -0.15) is 0 Å². The fourth-order valence-electron chi connectivity index (χ4n) is 1.55. The Morgan fingerprint density at radius 3 is 2.06 bits per heavy atom. The molecule has 0 aromatic heterocycles. The van der Waals surface area contributed by atoms with Crippen LogP contribution >= 0.6 is 0 Å². The number of nitrogens with one attached hydrogen (secondary N) is 1. The van der Waals surface area contributed by atoms with Gasteiger partial charge in [0.25, 0.3) is 0 Å². The maximum Gasteiger partial charge on any atom is 0.494 e. The number of hydrogen-bond acceptors (Lipinski definition) is 3. The SMILES string of the molecule is Fc1cc(B2OCCNCCO2)cc(F)c1F. The van der Waals surface area contributed by atoms with E-state index in [0.29, 0.717) is 26.3 Å². The molecule has 1 fully saturated rings. The number of rotatable bonds is 1. The van der Waals surface area contributed by atoms with Crippen LogP contribution in [0.2, 0.25) is 0 Å². The van der Waals surface area contributed by atoms with Crippen molar-refractivity contribution in [1.82, 2.24) is 5.32 Å². The highest BCUT2D eigenvalue weighted by Gasteiger charge is 2.25. The monoisotopic (exact) mass is 245 g/mol. The molecule has 1 saturated heterocycles. The van der Waals surface area contributed by atoms with Crippen molar-refractivity contribution in [2.45, 2.75) is 0 Å². The summed E-state index contributed by atoms with van der Waals surface area (Å²) < 4.78 is 49.4. The molecule has 0 spiro atoms. The van der Waals surface area contributed by atoms with Crippen LogP contribution in [0.3, 0.4) is 0 Å². The summed E-state index contributed by atoms with van der Waals surface area (Å²) >= 11 is 0. The lowest BCUT2D eigenvalue weighted by molar-refractivity contribution is 0.187. The second kappa shape index (κ2) is 5.53. The average molecular weight is 245 g/mol. The molecule has 0 bridgehead atoms. The molecule has 0 atom stereocenters. The molecule has 3 nitrogen and oxygen atoms in total. The van der Waals surface area contributed by atoms with Gasteiger partial charge in [-0.05, 0) is 17.6 Å². The van der Waals surface area contributed by atoms with E-state index in [-0.39, 0.29) is 5.46 Å². The third-order valence-corrected chi connectivity index (χ3v) is 2.37. The molecule has 1 aromatic rings. The van der Waals surface area contributed by atoms with E-state index in [9.17, 15) is 13.2 Å². The first-order chi connectivity index (χ1) is 8.18. The zero-order valence-corrected chi connectivity index (χ0v) is 9.01. The van der Waals surface area contributed by atoms with E-state index in [0.717, 1.165) is 12.1 Å². The van der Waals surface area contributed by atoms with Crippen LogP contribution in [-0.2, 0) is 9.31 Å². The van der Waals surface area contributed by atoms with E-state index < -0.39 is 24.6 Å². The third kappa shape index (κ3) is 2.99. The Balaban J connectivity index is 2.19. The summed E-state index contributed by atoms with van der Waals surface area (Å²) in [5.74, 6) is -3.97. The molecule has 0 amide bonds. The van der Waals surface area contributed by atoms with Crippen LogP contribution in [-0.4, -0.2) is 33.4 Å². The third-order valence-electron chi connectivity index (χ3n) is 2.37. The van der Waals surface area contributed by atoms with Crippen molar-refractivity contribution < 1.29 is 22.5 Å². The Labute approximate surface area is 97.1 Å². The van der Waals surface area contributed by atoms with E-state index in [1.807, 2.05) is 0 Å². The van der Waals surface area contributed by atoms with Crippen molar-refractivity contribution >= 4 is 12.6 Å². The molecule has 1 aliphatic rings. The van der Waals surface area contributed by atoms with E-state index in [4.69, 9.17) is 9.31 Å². The van der Waals surface area contributed by atoms with Crippen molar-refractivity contribution in [1.29, 1.82) is 0 Å². The topological polar surface area (TPSA) is 30.5 Å². The lowest BCUT2D eigenvalue weighted by Gasteiger charge is -2.18. The highest BCUT2D eigenvalue weighted by molar-refractivity contribution is 6.61. The smallest absolute Gasteiger partial charge is 0.406 e. The minimum Gasteiger partial charge on any atom is -0.406 e. The van der Waals surface area contributed by atoms with Crippen molar-refractivity contribution in [3.8, 4) is 0 Å². The standard InChI is InChI=1S/C10H11BF3NO2/c12-8-5-7(6-9(13)10(8)14)11-16-3-1-15-2-4-17-11/h5-6,15H,1-4H2. The van der Waals surface area contributed by atoms with Gasteiger partial charge in [-0.25, -0.2) is 13.2 Å². The maximum absolute atomic E-state index is 13.0. The fraction of sp³-hybridized carbons (Fsp3) is 0.400. The lowest BCUT2D eigenvalue weighted by atomic mass is 9.78. The molecule has 92 valence electrons. The summed E-state index contributed by atoms with van der Waals surface area (Å²) in [6, 6.07) is 1.77. The van der Waals surface area contributed by atoms with Gasteiger partial charge in [0.15, 0.2) is 17.5 Å². The molecule has 1 aliphatic heterocycles. The molecule has 0 aliphatic carbocycles. The number of halogens is 3. The van der Waals surface area contributed by atoms with Gasteiger partial charge in [0.2, 0.25) is 0 Å². The fourth-order valence-corrected chi connectivity index (χ4v) is 1.55. The van der Waals surface area contributed by atoms with E-state index >= 15 is 0 Å². The normalized spacial score (nSPS) is 17.7. The molecule has 1 heterocycles. The highest BCUT2D eigenvalue weighted by atomic mass is 19.2. The number of benzene rings is 1. The zero-order chi connectivity index (χ0) is 12.3. The van der Waals surface area contributed by atoms with Crippen LogP contribution in [0.4, 0.5) is 13.2 Å². The first-order valence-electron chi connectivity index (χ1n) is 5.27. The van der Waals surface area contributed by atoms with E-state index in [1.165, 1.54) is 0 Å². The van der Waals surface area contributed by atoms with Crippen LogP contribution in [0.15, 0.2) is 12.1 Å². The minimum atomic E-state index is -1.48. The van der Waals surface area contributed by atoms with Crippen LogP contribution in [0.25, 0.3) is 0 Å². The predicted molar refractivity (Wildman–Crippen MR) is 56.5 cm³/mol. The second-order valence-corrected chi connectivity index (χ2v) is 3.62. The van der Waals surface area contributed by atoms with Crippen LogP contribution < -0.4 is 10.8 Å². The highest BCUT2D eigenvalue weighted by Crippen LogP contribution is 2.09. The van der Waals surface area contributed by atoms with E-state index in [1.54, 1.807) is 0 Å². The molecule has 0 saturated carbocycles. The summed E-state index contributed by atoms with van der Waals surface area (Å²) in [5, 5.41) is 3.03. The summed E-state index contributed by atoms with van der Waals surface area (Å²) in [5.41, 5.74) is 0.142. The molecule has 7 heteroatoms. The van der Waals surface area contributed by atoms with Crippen LogP contribution in [0.1, 0.15) is 0 Å². The molecular weight excluding hydrogens is 234 g/mol. The first kappa shape index (κ1) is 12.4. The van der Waals surface area contributed by atoms with E-state index in [2.05, 4.69) is 5.32 Å². The van der Waals surface area contributed by atoms with Gasteiger partial charge in [0.1, 0.15) is 0 Å². The Kier molecular flexibility index (Phi) is 4.04. The van der Waals surface area contributed by atoms with Gasteiger partial charge in [-0.1, -0.05) is 0 Å². The molecule has 0 unspecified atom stereocenters. The predicted octanol–water partition coefficient (Wildman–Crippen LogP) is 0.435. The minimum absolute atomic E-state index is 0.142. The Hall–Kier alpha value is -1.05. The molecular formula is C10H11BF3NO2. The Morgan fingerprint density at radius 1 is 1.00 bits per heavy atom. The number of hydrogen-bond donors (Lipinski definition) is 1. The molecule has 0 radical (unpaired) electrons. The first-order valence-corrected chi connectivity index (χ1v) is 5.27. The van der Waals surface area contributed by atoms with Crippen molar-refractivity contribution in [3.05, 3.63) is 29.6 Å². The maximum atomic E-state index is 13.0. The average Bonchev–Trinajstić information content (AvgIpc) is 2.25. The van der Waals surface area contributed by atoms with Gasteiger partial charge >= 0.3 is 7.12 Å². The lowest BCUT2D eigenvalue weighted by Crippen LogP contribution is -2.43. The van der Waals surface area contributed by atoms with Gasteiger partial charge in [0.05, 0.1) is 0 Å². The van der Waals surface area contributed by atoms with Crippen molar-refractivity contribution in [2.75, 3.05) is 26.3 Å². The van der Waals surface area contributed by atoms with Crippen LogP contribution in [0, 0.1) is 17.5 Å². The Bertz CT molecular complexity index is 374. The molecule has 1 N–H and O–H groups in total. The summed E-state index contributed by atoms with van der Waals surface area (Å²) in [7, 11) is -0.860.